The fourth-order valence-corrected chi connectivity index (χ4v) is 3.44. The Morgan fingerprint density at radius 3 is 2.79 bits per heavy atom. The van der Waals surface area contributed by atoms with E-state index in [1.165, 1.54) is 0 Å². The summed E-state index contributed by atoms with van der Waals surface area (Å²) in [6, 6.07) is 5.64. The minimum atomic E-state index is -0.581. The number of nitrogens with zero attached hydrogens (tertiary/aromatic N) is 2. The van der Waals surface area contributed by atoms with Crippen molar-refractivity contribution in [1.29, 1.82) is 0 Å². The van der Waals surface area contributed by atoms with Gasteiger partial charge in [-0.1, -0.05) is 39.0 Å². The Morgan fingerprint density at radius 1 is 1.38 bits per heavy atom. The Labute approximate surface area is 142 Å². The lowest BCUT2D eigenvalue weighted by atomic mass is 9.96. The van der Waals surface area contributed by atoms with Crippen molar-refractivity contribution in [3.63, 3.8) is 0 Å². The molecule has 128 valence electrons. The number of hydrogen-bond acceptors (Lipinski definition) is 4. The smallest absolute Gasteiger partial charge is 0.258 e. The number of para-hydroxylation sites is 1. The number of anilines is 1. The molecule has 5 heteroatoms. The van der Waals surface area contributed by atoms with E-state index in [1.54, 1.807) is 4.90 Å². The lowest BCUT2D eigenvalue weighted by Crippen LogP contribution is -2.24. The van der Waals surface area contributed by atoms with Gasteiger partial charge in [0, 0.05) is 17.5 Å². The van der Waals surface area contributed by atoms with E-state index in [4.69, 9.17) is 10.7 Å². The Morgan fingerprint density at radius 2 is 2.12 bits per heavy atom. The number of carbonyl (C=O) groups is 1. The number of benzene rings is 1. The first-order valence-electron chi connectivity index (χ1n) is 8.62. The quantitative estimate of drug-likeness (QED) is 0.883. The Kier molecular flexibility index (Phi) is 4.45. The van der Waals surface area contributed by atoms with Crippen LogP contribution in [0, 0.1) is 5.92 Å². The molecule has 0 saturated carbocycles. The highest BCUT2D eigenvalue weighted by molar-refractivity contribution is 6.09. The average molecular weight is 327 g/mol. The molecule has 2 heterocycles. The van der Waals surface area contributed by atoms with Crippen LogP contribution >= 0.6 is 0 Å². The van der Waals surface area contributed by atoms with Gasteiger partial charge in [0.05, 0.1) is 35.1 Å². The number of aliphatic hydroxyl groups excluding tert-OH is 1. The van der Waals surface area contributed by atoms with E-state index >= 15 is 0 Å². The van der Waals surface area contributed by atoms with E-state index in [9.17, 15) is 9.90 Å². The summed E-state index contributed by atoms with van der Waals surface area (Å²) in [5.41, 5.74) is 9.57. The second-order valence-electron chi connectivity index (χ2n) is 6.96. The third-order valence-corrected chi connectivity index (χ3v) is 4.55. The number of nitrogens with two attached hydrogens (primary N) is 1. The molecule has 1 amide bonds. The topological polar surface area (TPSA) is 79.4 Å². The number of pyridine rings is 1. The molecule has 1 unspecified atom stereocenters. The summed E-state index contributed by atoms with van der Waals surface area (Å²) >= 11 is 0. The van der Waals surface area contributed by atoms with Crippen molar-refractivity contribution >= 4 is 22.5 Å². The second-order valence-corrected chi connectivity index (χ2v) is 6.96. The summed E-state index contributed by atoms with van der Waals surface area (Å²) < 4.78 is 0. The predicted molar refractivity (Wildman–Crippen MR) is 95.6 cm³/mol. The van der Waals surface area contributed by atoms with Gasteiger partial charge in [-0.2, -0.15) is 0 Å². The minimum absolute atomic E-state index is 0.0353. The average Bonchev–Trinajstić information content (AvgIpc) is 2.83. The lowest BCUT2D eigenvalue weighted by Gasteiger charge is -2.16. The van der Waals surface area contributed by atoms with Crippen LogP contribution in [-0.4, -0.2) is 27.4 Å². The third kappa shape index (κ3) is 2.73. The number of aromatic nitrogens is 1. The van der Waals surface area contributed by atoms with E-state index in [2.05, 4.69) is 13.8 Å². The van der Waals surface area contributed by atoms with Crippen LogP contribution in [-0.2, 0) is 6.54 Å². The maximum absolute atomic E-state index is 12.6. The van der Waals surface area contributed by atoms with E-state index in [1.807, 2.05) is 25.1 Å². The third-order valence-electron chi connectivity index (χ3n) is 4.55. The zero-order valence-corrected chi connectivity index (χ0v) is 14.5. The first-order chi connectivity index (χ1) is 11.4. The zero-order valence-electron chi connectivity index (χ0n) is 14.5. The fourth-order valence-electron chi connectivity index (χ4n) is 3.44. The summed E-state index contributed by atoms with van der Waals surface area (Å²) in [5.74, 6) is 0.343. The molecule has 1 aromatic carbocycles. The van der Waals surface area contributed by atoms with Gasteiger partial charge in [-0.3, -0.25) is 4.79 Å². The zero-order chi connectivity index (χ0) is 17.4. The normalized spacial score (nSPS) is 15.4. The van der Waals surface area contributed by atoms with Gasteiger partial charge >= 0.3 is 0 Å². The van der Waals surface area contributed by atoms with Crippen LogP contribution in [0.5, 0.6) is 0 Å². The predicted octanol–water partition coefficient (Wildman–Crippen LogP) is 3.26. The highest BCUT2D eigenvalue weighted by Gasteiger charge is 2.32. The Balaban J connectivity index is 2.13. The molecular weight excluding hydrogens is 302 g/mol. The summed E-state index contributed by atoms with van der Waals surface area (Å²) in [4.78, 5) is 19.1. The van der Waals surface area contributed by atoms with Crippen molar-refractivity contribution in [2.24, 2.45) is 5.92 Å². The molecule has 1 aromatic heterocycles. The van der Waals surface area contributed by atoms with Crippen LogP contribution in [0.3, 0.4) is 0 Å². The van der Waals surface area contributed by atoms with Crippen LogP contribution in [0.1, 0.15) is 61.3 Å². The number of nitrogen functional groups attached to an aromatic ring is 1. The number of aliphatic hydroxyl groups is 1. The molecule has 1 aliphatic heterocycles. The molecule has 0 fully saturated rings. The van der Waals surface area contributed by atoms with Crippen molar-refractivity contribution in [2.75, 3.05) is 12.3 Å². The summed E-state index contributed by atoms with van der Waals surface area (Å²) in [6.07, 6.45) is 0.985. The van der Waals surface area contributed by atoms with Gasteiger partial charge in [0.2, 0.25) is 0 Å². The highest BCUT2D eigenvalue weighted by Crippen LogP contribution is 2.35. The molecule has 1 atom stereocenters. The molecule has 0 radical (unpaired) electrons. The number of carbonyl (C=O) groups excluding carboxylic acids is 1. The maximum atomic E-state index is 12.6. The molecule has 5 nitrogen and oxygen atoms in total. The van der Waals surface area contributed by atoms with Crippen molar-refractivity contribution in [2.45, 2.75) is 46.3 Å². The van der Waals surface area contributed by atoms with Gasteiger partial charge in [0.15, 0.2) is 0 Å². The van der Waals surface area contributed by atoms with Crippen LogP contribution in [0.2, 0.25) is 0 Å². The van der Waals surface area contributed by atoms with Gasteiger partial charge < -0.3 is 15.7 Å². The first-order valence-corrected chi connectivity index (χ1v) is 8.62. The van der Waals surface area contributed by atoms with E-state index in [-0.39, 0.29) is 5.91 Å². The van der Waals surface area contributed by atoms with E-state index < -0.39 is 6.10 Å². The Hall–Kier alpha value is -2.14. The number of hydrogen-bond donors (Lipinski definition) is 2. The second kappa shape index (κ2) is 6.40. The SMILES string of the molecule is CCCN1Cc2nc3c(C(O)CC(C)C)cccc3c(N)c2C1=O. The molecule has 24 heavy (non-hydrogen) atoms. The van der Waals surface area contributed by atoms with Crippen LogP contribution in [0.25, 0.3) is 10.9 Å². The van der Waals surface area contributed by atoms with Crippen molar-refractivity contribution in [1.82, 2.24) is 9.88 Å². The molecule has 3 N–H and O–H groups in total. The summed E-state index contributed by atoms with van der Waals surface area (Å²) in [7, 11) is 0. The van der Waals surface area contributed by atoms with Crippen LogP contribution < -0.4 is 5.73 Å². The molecule has 3 rings (SSSR count). The number of fused-ring (bicyclic) bond motifs is 2. The molecule has 1 aliphatic rings. The Bertz CT molecular complexity index is 786. The minimum Gasteiger partial charge on any atom is -0.397 e. The standard InChI is InChI=1S/C19H25N3O2/c1-4-8-22-10-14-16(19(22)24)17(20)13-7-5-6-12(18(13)21-14)15(23)9-11(2)3/h5-7,11,15,23H,4,8-10H2,1-3H3,(H2,20,21). The van der Waals surface area contributed by atoms with Crippen molar-refractivity contribution in [3.8, 4) is 0 Å². The van der Waals surface area contributed by atoms with Gasteiger partial charge in [-0.25, -0.2) is 4.98 Å². The molecular formula is C19H25N3O2. The van der Waals surface area contributed by atoms with E-state index in [0.717, 1.165) is 23.1 Å². The maximum Gasteiger partial charge on any atom is 0.258 e. The van der Waals surface area contributed by atoms with Crippen LogP contribution in [0.4, 0.5) is 5.69 Å². The molecule has 0 spiro atoms. The monoisotopic (exact) mass is 327 g/mol. The molecule has 0 saturated heterocycles. The van der Waals surface area contributed by atoms with Crippen LogP contribution in [0.15, 0.2) is 18.2 Å². The van der Waals surface area contributed by atoms with Gasteiger partial charge in [-0.05, 0) is 18.8 Å². The number of amides is 1. The van der Waals surface area contributed by atoms with Gasteiger partial charge in [0.1, 0.15) is 0 Å². The summed E-state index contributed by atoms with van der Waals surface area (Å²) in [6.45, 7) is 7.40. The van der Waals surface area contributed by atoms with Crippen molar-refractivity contribution in [3.05, 3.63) is 35.0 Å². The molecule has 2 aromatic rings. The van der Waals surface area contributed by atoms with Gasteiger partial charge in [0.25, 0.3) is 5.91 Å². The van der Waals surface area contributed by atoms with Gasteiger partial charge in [-0.15, -0.1) is 0 Å². The summed E-state index contributed by atoms with van der Waals surface area (Å²) in [5, 5.41) is 11.3. The lowest BCUT2D eigenvalue weighted by molar-refractivity contribution is 0.0779. The fraction of sp³-hybridized carbons (Fsp3) is 0.474. The molecule has 0 bridgehead atoms. The van der Waals surface area contributed by atoms with Crippen molar-refractivity contribution < 1.29 is 9.90 Å². The largest absolute Gasteiger partial charge is 0.397 e. The highest BCUT2D eigenvalue weighted by atomic mass is 16.3. The number of rotatable bonds is 5. The first kappa shape index (κ1) is 16.7. The molecule has 0 aliphatic carbocycles. The van der Waals surface area contributed by atoms with E-state index in [0.29, 0.717) is 42.2 Å².